The molecule has 0 unspecified atom stereocenters. The number of aromatic nitrogens is 2. The summed E-state index contributed by atoms with van der Waals surface area (Å²) in [6.45, 7) is 0. The van der Waals surface area contributed by atoms with Crippen molar-refractivity contribution in [3.63, 3.8) is 0 Å². The van der Waals surface area contributed by atoms with Gasteiger partial charge >= 0.3 is 6.09 Å². The third-order valence-corrected chi connectivity index (χ3v) is 1.06. The van der Waals surface area contributed by atoms with Crippen molar-refractivity contribution in [1.82, 2.24) is 9.78 Å². The summed E-state index contributed by atoms with van der Waals surface area (Å²) < 4.78 is 0.691. The Morgan fingerprint density at radius 1 is 1.82 bits per heavy atom. The van der Waals surface area contributed by atoms with Gasteiger partial charge in [0.2, 0.25) is 0 Å². The second-order valence-corrected chi connectivity index (χ2v) is 1.84. The van der Waals surface area contributed by atoms with E-state index in [1.165, 1.54) is 12.3 Å². The van der Waals surface area contributed by atoms with Gasteiger partial charge in [-0.1, -0.05) is 0 Å². The Morgan fingerprint density at radius 2 is 2.45 bits per heavy atom. The number of hydrogen-bond acceptors (Lipinski definition) is 3. The number of rotatable bonds is 1. The van der Waals surface area contributed by atoms with E-state index in [4.69, 9.17) is 16.2 Å². The first-order valence-electron chi connectivity index (χ1n) is 2.74. The lowest BCUT2D eigenvalue weighted by molar-refractivity contribution is 0.192. The van der Waals surface area contributed by atoms with Crippen molar-refractivity contribution in [3.05, 3.63) is 18.0 Å². The number of carboxylic acid groups (broad SMARTS) is 1. The van der Waals surface area contributed by atoms with Crippen LogP contribution in [0.5, 0.6) is 0 Å². The number of nitrogens with one attached hydrogen (secondary N) is 1. The zero-order valence-corrected chi connectivity index (χ0v) is 5.48. The normalized spacial score (nSPS) is 9.45. The minimum Gasteiger partial charge on any atom is -0.463 e. The van der Waals surface area contributed by atoms with Crippen LogP contribution in [0.3, 0.4) is 0 Å². The molecule has 58 valence electrons. The minimum atomic E-state index is -1.20. The van der Waals surface area contributed by atoms with Crippen LogP contribution in [-0.2, 0) is 0 Å². The number of nitrogens with zero attached hydrogens (tertiary/aromatic N) is 2. The molecule has 4 N–H and O–H groups in total. The summed E-state index contributed by atoms with van der Waals surface area (Å²) in [6, 6.07) is 1.36. The number of carbonyl (C=O) groups is 1. The van der Waals surface area contributed by atoms with Gasteiger partial charge in [-0.05, 0) is 6.07 Å². The van der Waals surface area contributed by atoms with Crippen molar-refractivity contribution >= 4 is 11.9 Å². The second kappa shape index (κ2) is 2.41. The van der Waals surface area contributed by atoms with Gasteiger partial charge in [0.05, 0.1) is 0 Å². The largest absolute Gasteiger partial charge is 0.463 e. The van der Waals surface area contributed by atoms with Gasteiger partial charge in [0.15, 0.2) is 0 Å². The second-order valence-electron chi connectivity index (χ2n) is 1.84. The lowest BCUT2D eigenvalue weighted by Crippen LogP contribution is -2.14. The van der Waals surface area contributed by atoms with Gasteiger partial charge in [-0.3, -0.25) is 5.41 Å². The molecular formula is C5H6N4O2. The fourth-order valence-electron chi connectivity index (χ4n) is 0.574. The molecular weight excluding hydrogens is 148 g/mol. The molecule has 1 aromatic rings. The van der Waals surface area contributed by atoms with Crippen LogP contribution in [0.15, 0.2) is 12.3 Å². The van der Waals surface area contributed by atoms with Crippen molar-refractivity contribution in [3.8, 4) is 0 Å². The van der Waals surface area contributed by atoms with Gasteiger partial charge in [-0.2, -0.15) is 9.78 Å². The van der Waals surface area contributed by atoms with E-state index in [9.17, 15) is 4.79 Å². The highest BCUT2D eigenvalue weighted by Crippen LogP contribution is 1.92. The van der Waals surface area contributed by atoms with Crippen LogP contribution in [0.2, 0.25) is 0 Å². The summed E-state index contributed by atoms with van der Waals surface area (Å²) in [4.78, 5) is 10.2. The maximum atomic E-state index is 10.2. The molecule has 0 bridgehead atoms. The van der Waals surface area contributed by atoms with Gasteiger partial charge in [0, 0.05) is 6.20 Å². The predicted molar refractivity (Wildman–Crippen MR) is 36.7 cm³/mol. The molecule has 0 radical (unpaired) electrons. The van der Waals surface area contributed by atoms with Crippen LogP contribution >= 0.6 is 0 Å². The summed E-state index contributed by atoms with van der Waals surface area (Å²) in [5.41, 5.74) is 5.20. The Labute approximate surface area is 61.7 Å². The molecule has 1 aromatic heterocycles. The zero-order valence-electron chi connectivity index (χ0n) is 5.48. The molecule has 6 nitrogen and oxygen atoms in total. The first-order valence-corrected chi connectivity index (χ1v) is 2.74. The van der Waals surface area contributed by atoms with Gasteiger partial charge in [0.25, 0.3) is 0 Å². The fraction of sp³-hybridized carbons (Fsp3) is 0. The SMILES string of the molecule is N=C(N)c1ccn(C(=O)O)n1. The maximum Gasteiger partial charge on any atom is 0.432 e. The molecule has 1 rings (SSSR count). The summed E-state index contributed by atoms with van der Waals surface area (Å²) in [5, 5.41) is 18.7. The van der Waals surface area contributed by atoms with Crippen LogP contribution in [0.1, 0.15) is 5.69 Å². The average Bonchev–Trinajstić information content (AvgIpc) is 2.33. The highest BCUT2D eigenvalue weighted by molar-refractivity contribution is 5.93. The Kier molecular flexibility index (Phi) is 1.59. The lowest BCUT2D eigenvalue weighted by atomic mass is 10.4. The van der Waals surface area contributed by atoms with E-state index in [0.29, 0.717) is 4.68 Å². The van der Waals surface area contributed by atoms with Crippen LogP contribution in [0.4, 0.5) is 4.79 Å². The van der Waals surface area contributed by atoms with Gasteiger partial charge < -0.3 is 10.8 Å². The smallest absolute Gasteiger partial charge is 0.432 e. The van der Waals surface area contributed by atoms with Gasteiger partial charge in [-0.25, -0.2) is 4.79 Å². The molecule has 0 fully saturated rings. The molecule has 0 saturated heterocycles. The van der Waals surface area contributed by atoms with Crippen LogP contribution < -0.4 is 5.73 Å². The zero-order chi connectivity index (χ0) is 8.43. The summed E-state index contributed by atoms with van der Waals surface area (Å²) in [7, 11) is 0. The molecule has 0 atom stereocenters. The number of hydrogen-bond donors (Lipinski definition) is 3. The van der Waals surface area contributed by atoms with Crippen molar-refractivity contribution in [2.24, 2.45) is 5.73 Å². The molecule has 11 heavy (non-hydrogen) atoms. The summed E-state index contributed by atoms with van der Waals surface area (Å²) >= 11 is 0. The quantitative estimate of drug-likeness (QED) is 0.381. The van der Waals surface area contributed by atoms with Crippen molar-refractivity contribution in [1.29, 1.82) is 5.41 Å². The number of amidine groups is 1. The molecule has 0 amide bonds. The van der Waals surface area contributed by atoms with Crippen LogP contribution in [0, 0.1) is 5.41 Å². The van der Waals surface area contributed by atoms with Crippen molar-refractivity contribution < 1.29 is 9.90 Å². The molecule has 0 saturated carbocycles. The van der Waals surface area contributed by atoms with Gasteiger partial charge in [-0.15, -0.1) is 0 Å². The Morgan fingerprint density at radius 3 is 2.73 bits per heavy atom. The third-order valence-electron chi connectivity index (χ3n) is 1.06. The van der Waals surface area contributed by atoms with E-state index in [0.717, 1.165) is 0 Å². The molecule has 0 aromatic carbocycles. The standard InChI is InChI=1S/C5H6N4O2/c6-4(7)3-1-2-9(8-3)5(10)11/h1-2H,(H3,6,7)(H,10,11). The maximum absolute atomic E-state index is 10.2. The summed E-state index contributed by atoms with van der Waals surface area (Å²) in [5.74, 6) is -0.245. The third kappa shape index (κ3) is 1.34. The van der Waals surface area contributed by atoms with E-state index in [1.807, 2.05) is 0 Å². The number of nitrogens with two attached hydrogens (primary N) is 1. The highest BCUT2D eigenvalue weighted by atomic mass is 16.4. The summed E-state index contributed by atoms with van der Waals surface area (Å²) in [6.07, 6.45) is 0.0245. The van der Waals surface area contributed by atoms with Crippen molar-refractivity contribution in [2.75, 3.05) is 0 Å². The molecule has 1 heterocycles. The highest BCUT2D eigenvalue weighted by Gasteiger charge is 2.04. The monoisotopic (exact) mass is 154 g/mol. The first kappa shape index (κ1) is 7.26. The number of nitrogen functional groups attached to an aromatic ring is 1. The van der Waals surface area contributed by atoms with Crippen molar-refractivity contribution in [2.45, 2.75) is 0 Å². The van der Waals surface area contributed by atoms with Gasteiger partial charge in [0.1, 0.15) is 11.5 Å². The molecule has 0 aliphatic heterocycles. The minimum absolute atomic E-state index is 0.160. The van der Waals surface area contributed by atoms with Crippen LogP contribution in [-0.4, -0.2) is 26.8 Å². The lowest BCUT2D eigenvalue weighted by Gasteiger charge is -1.89. The van der Waals surface area contributed by atoms with E-state index >= 15 is 0 Å². The molecule has 6 heteroatoms. The van der Waals surface area contributed by atoms with E-state index < -0.39 is 6.09 Å². The molecule has 0 aliphatic rings. The van der Waals surface area contributed by atoms with E-state index in [-0.39, 0.29) is 11.5 Å². The Bertz CT molecular complexity index is 275. The van der Waals surface area contributed by atoms with E-state index in [2.05, 4.69) is 5.10 Å². The predicted octanol–water partition coefficient (Wildman–Crippen LogP) is -0.307. The average molecular weight is 154 g/mol. The Balaban J connectivity index is 2.99. The van der Waals surface area contributed by atoms with Crippen LogP contribution in [0.25, 0.3) is 0 Å². The fourth-order valence-corrected chi connectivity index (χ4v) is 0.574. The Hall–Kier alpha value is -1.85. The first-order chi connectivity index (χ1) is 5.11. The topological polar surface area (TPSA) is 105 Å². The molecule has 0 spiro atoms. The van der Waals surface area contributed by atoms with E-state index in [1.54, 1.807) is 0 Å². The molecule has 0 aliphatic carbocycles.